The Bertz CT molecular complexity index is 387. The summed E-state index contributed by atoms with van der Waals surface area (Å²) in [4.78, 5) is 9.95. The largest absolute Gasteiger partial charge is 0.302 e. The van der Waals surface area contributed by atoms with Crippen LogP contribution in [0.1, 0.15) is 17.5 Å². The van der Waals surface area contributed by atoms with Crippen LogP contribution in [0, 0.1) is 23.2 Å². The van der Waals surface area contributed by atoms with Crippen LogP contribution in [0.25, 0.3) is 0 Å². The first-order chi connectivity index (χ1) is 6.36. The average molecular weight is 169 g/mol. The topological polar surface area (TPSA) is 40.9 Å². The number of hydrogen-bond donors (Lipinski definition) is 0. The number of rotatable bonds is 1. The zero-order valence-electron chi connectivity index (χ0n) is 6.95. The lowest BCUT2D eigenvalue weighted by atomic mass is 10.1. The van der Waals surface area contributed by atoms with E-state index in [4.69, 9.17) is 5.26 Å². The van der Waals surface area contributed by atoms with E-state index in [1.807, 2.05) is 6.07 Å². The van der Waals surface area contributed by atoms with Gasteiger partial charge in [0.25, 0.3) is 0 Å². The number of aldehydes is 1. The molecular weight excluding hydrogens is 162 g/mol. The lowest BCUT2D eigenvalue weighted by Crippen LogP contribution is -1.76. The maximum absolute atomic E-state index is 9.95. The normalized spacial score (nSPS) is 7.92. The highest BCUT2D eigenvalue weighted by Crippen LogP contribution is 2.01. The third kappa shape index (κ3) is 2.81. The zero-order valence-corrected chi connectivity index (χ0v) is 6.95. The Morgan fingerprint density at radius 1 is 1.23 bits per heavy atom. The van der Waals surface area contributed by atoms with Gasteiger partial charge in [0.2, 0.25) is 0 Å². The number of nitriles is 1. The maximum Gasteiger partial charge on any atom is 0.131 e. The summed E-state index contributed by atoms with van der Waals surface area (Å²) in [7, 11) is 0. The van der Waals surface area contributed by atoms with Gasteiger partial charge in [-0.2, -0.15) is 5.26 Å². The van der Waals surface area contributed by atoms with Crippen LogP contribution in [0.2, 0.25) is 0 Å². The van der Waals surface area contributed by atoms with Crippen LogP contribution in [-0.2, 0) is 4.79 Å². The van der Waals surface area contributed by atoms with Crippen molar-refractivity contribution in [1.29, 1.82) is 5.26 Å². The van der Waals surface area contributed by atoms with Crippen molar-refractivity contribution < 1.29 is 4.79 Å². The molecule has 0 aliphatic rings. The van der Waals surface area contributed by atoms with Gasteiger partial charge in [0, 0.05) is 5.56 Å². The van der Waals surface area contributed by atoms with Gasteiger partial charge in [0.1, 0.15) is 6.29 Å². The van der Waals surface area contributed by atoms with Gasteiger partial charge in [0.15, 0.2) is 0 Å². The molecule has 0 atom stereocenters. The molecule has 0 amide bonds. The summed E-state index contributed by atoms with van der Waals surface area (Å²) in [5.41, 5.74) is 1.43. The van der Waals surface area contributed by atoms with E-state index in [2.05, 4.69) is 11.8 Å². The lowest BCUT2D eigenvalue weighted by molar-refractivity contribution is -0.107. The molecule has 0 radical (unpaired) electrons. The van der Waals surface area contributed by atoms with Gasteiger partial charge in [-0.1, -0.05) is 11.8 Å². The van der Waals surface area contributed by atoms with Crippen molar-refractivity contribution >= 4 is 6.29 Å². The molecule has 0 N–H and O–H groups in total. The van der Waals surface area contributed by atoms with Crippen molar-refractivity contribution in [2.24, 2.45) is 0 Å². The van der Waals surface area contributed by atoms with E-state index >= 15 is 0 Å². The molecule has 0 spiro atoms. The summed E-state index contributed by atoms with van der Waals surface area (Å²) in [6.07, 6.45) is 1.01. The van der Waals surface area contributed by atoms with Crippen molar-refractivity contribution in [2.45, 2.75) is 6.42 Å². The summed E-state index contributed by atoms with van der Waals surface area (Å²) in [5.74, 6) is 5.49. The van der Waals surface area contributed by atoms with Gasteiger partial charge >= 0.3 is 0 Å². The summed E-state index contributed by atoms with van der Waals surface area (Å²) >= 11 is 0. The molecule has 0 unspecified atom stereocenters. The van der Waals surface area contributed by atoms with Gasteiger partial charge in [-0.25, -0.2) is 0 Å². The summed E-state index contributed by atoms with van der Waals surface area (Å²) in [5, 5.41) is 8.51. The second-order valence-corrected chi connectivity index (χ2v) is 2.36. The molecule has 0 fully saturated rings. The third-order valence-electron chi connectivity index (χ3n) is 1.43. The molecule has 0 aromatic heterocycles. The molecule has 0 saturated heterocycles. The van der Waals surface area contributed by atoms with Crippen molar-refractivity contribution in [2.75, 3.05) is 0 Å². The molecule has 1 aromatic rings. The zero-order chi connectivity index (χ0) is 9.52. The Morgan fingerprint density at radius 2 is 1.85 bits per heavy atom. The van der Waals surface area contributed by atoms with Gasteiger partial charge in [-0.15, -0.1) is 0 Å². The van der Waals surface area contributed by atoms with Gasteiger partial charge < -0.3 is 4.79 Å². The van der Waals surface area contributed by atoms with Crippen LogP contribution >= 0.6 is 0 Å². The van der Waals surface area contributed by atoms with Crippen molar-refractivity contribution in [1.82, 2.24) is 0 Å². The molecule has 0 bridgehead atoms. The molecule has 2 heteroatoms. The summed E-state index contributed by atoms with van der Waals surface area (Å²) < 4.78 is 0. The van der Waals surface area contributed by atoms with Crippen LogP contribution in [0.15, 0.2) is 24.3 Å². The second-order valence-electron chi connectivity index (χ2n) is 2.36. The standard InChI is InChI=1S/C11H7NO/c12-9-11-6-4-10(5-7-11)3-1-2-8-13/h4-8H,2H2. The Labute approximate surface area is 76.8 Å². The van der Waals surface area contributed by atoms with E-state index in [1.165, 1.54) is 0 Å². The van der Waals surface area contributed by atoms with Gasteiger partial charge in [0.05, 0.1) is 18.1 Å². The van der Waals surface area contributed by atoms with Crippen molar-refractivity contribution in [3.8, 4) is 17.9 Å². The minimum absolute atomic E-state index is 0.250. The number of carbonyl (C=O) groups excluding carboxylic acids is 1. The van der Waals surface area contributed by atoms with Crippen molar-refractivity contribution in [3.05, 3.63) is 35.4 Å². The smallest absolute Gasteiger partial charge is 0.131 e. The van der Waals surface area contributed by atoms with E-state index in [1.54, 1.807) is 24.3 Å². The van der Waals surface area contributed by atoms with Gasteiger partial charge in [-0.3, -0.25) is 0 Å². The molecule has 0 heterocycles. The number of benzene rings is 1. The Hall–Kier alpha value is -2.06. The minimum atomic E-state index is 0.250. The molecular formula is C11H7NO. The number of hydrogen-bond acceptors (Lipinski definition) is 2. The number of nitrogens with zero attached hydrogens (tertiary/aromatic N) is 1. The van der Waals surface area contributed by atoms with Crippen LogP contribution < -0.4 is 0 Å². The molecule has 0 aliphatic carbocycles. The fourth-order valence-corrected chi connectivity index (χ4v) is 0.823. The highest BCUT2D eigenvalue weighted by atomic mass is 16.1. The monoisotopic (exact) mass is 169 g/mol. The van der Waals surface area contributed by atoms with Crippen LogP contribution in [0.4, 0.5) is 0 Å². The van der Waals surface area contributed by atoms with Crippen LogP contribution in [0.3, 0.4) is 0 Å². The first kappa shape index (κ1) is 9.03. The predicted octanol–water partition coefficient (Wildman–Crippen LogP) is 1.50. The molecule has 13 heavy (non-hydrogen) atoms. The van der Waals surface area contributed by atoms with Crippen LogP contribution in [0.5, 0.6) is 0 Å². The van der Waals surface area contributed by atoms with Gasteiger partial charge in [-0.05, 0) is 24.3 Å². The van der Waals surface area contributed by atoms with Crippen LogP contribution in [-0.4, -0.2) is 6.29 Å². The first-order valence-electron chi connectivity index (χ1n) is 3.79. The Balaban J connectivity index is 2.78. The Morgan fingerprint density at radius 3 is 2.38 bits per heavy atom. The number of carbonyl (C=O) groups is 1. The molecule has 1 aromatic carbocycles. The quantitative estimate of drug-likeness (QED) is 0.472. The van der Waals surface area contributed by atoms with E-state index in [-0.39, 0.29) is 6.42 Å². The SMILES string of the molecule is N#Cc1ccc(C#CCC=O)cc1. The molecule has 1 rings (SSSR count). The predicted molar refractivity (Wildman–Crippen MR) is 48.7 cm³/mol. The minimum Gasteiger partial charge on any atom is -0.302 e. The molecule has 0 saturated carbocycles. The Kier molecular flexibility index (Phi) is 3.30. The fraction of sp³-hybridized carbons (Fsp3) is 0.0909. The second kappa shape index (κ2) is 4.74. The van der Waals surface area contributed by atoms with E-state index in [9.17, 15) is 4.79 Å². The highest BCUT2D eigenvalue weighted by Gasteiger charge is 1.88. The lowest BCUT2D eigenvalue weighted by Gasteiger charge is -1.88. The summed E-state index contributed by atoms with van der Waals surface area (Å²) in [6.45, 7) is 0. The van der Waals surface area contributed by atoms with E-state index in [0.29, 0.717) is 5.56 Å². The molecule has 0 aliphatic heterocycles. The molecule has 2 nitrogen and oxygen atoms in total. The fourth-order valence-electron chi connectivity index (χ4n) is 0.823. The van der Waals surface area contributed by atoms with Crippen molar-refractivity contribution in [3.63, 3.8) is 0 Å². The third-order valence-corrected chi connectivity index (χ3v) is 1.43. The first-order valence-corrected chi connectivity index (χ1v) is 3.79. The van der Waals surface area contributed by atoms with E-state index < -0.39 is 0 Å². The highest BCUT2D eigenvalue weighted by molar-refractivity contribution is 5.55. The van der Waals surface area contributed by atoms with E-state index in [0.717, 1.165) is 11.8 Å². The maximum atomic E-state index is 9.95. The molecule has 62 valence electrons. The average Bonchev–Trinajstić information content (AvgIpc) is 2.19. The summed E-state index contributed by atoms with van der Waals surface area (Å²) in [6, 6.07) is 8.94.